The summed E-state index contributed by atoms with van der Waals surface area (Å²) >= 11 is 0. The van der Waals surface area contributed by atoms with Gasteiger partial charge >= 0.3 is 0 Å². The molecule has 0 aromatic heterocycles. The predicted octanol–water partition coefficient (Wildman–Crippen LogP) is 4.31. The van der Waals surface area contributed by atoms with Crippen LogP contribution in [-0.2, 0) is 9.84 Å². The molecule has 2 rings (SSSR count). The summed E-state index contributed by atoms with van der Waals surface area (Å²) in [5.74, 6) is 0. The smallest absolute Gasteiger partial charge is 0.192 e. The number of benzene rings is 1. The lowest BCUT2D eigenvalue weighted by atomic mass is 9.80. The normalized spacial score (nSPS) is 21.6. The molecule has 22 heavy (non-hydrogen) atoms. The Bertz CT molecular complexity index is 585. The van der Waals surface area contributed by atoms with Crippen molar-refractivity contribution in [1.82, 2.24) is 0 Å². The fourth-order valence-corrected chi connectivity index (χ4v) is 3.96. The average molecular weight is 317 g/mol. The molecule has 0 fully saturated rings. The molecule has 3 nitrogen and oxygen atoms in total. The summed E-state index contributed by atoms with van der Waals surface area (Å²) in [4.78, 5) is 2.25. The molecule has 1 aromatic rings. The molecule has 0 N–H and O–H groups in total. The van der Waals surface area contributed by atoms with Crippen molar-refractivity contribution in [2.75, 3.05) is 25.1 Å². The maximum atomic E-state index is 9.38. The maximum absolute atomic E-state index is 9.38. The van der Waals surface area contributed by atoms with Crippen LogP contribution in [0.2, 0.25) is 18.1 Å². The van der Waals surface area contributed by atoms with Crippen molar-refractivity contribution in [3.05, 3.63) is 29.8 Å². The Hall–Kier alpha value is -1.31. The van der Waals surface area contributed by atoms with E-state index < -0.39 is 8.32 Å². The topological polar surface area (TPSA) is 36.3 Å². The molecule has 0 radical (unpaired) electrons. The molecule has 1 heterocycles. The molecule has 0 amide bonds. The van der Waals surface area contributed by atoms with E-state index in [0.717, 1.165) is 6.54 Å². The Morgan fingerprint density at radius 2 is 1.95 bits per heavy atom. The Kier molecular flexibility index (Phi) is 4.43. The van der Waals surface area contributed by atoms with E-state index in [4.69, 9.17) is 4.43 Å². The van der Waals surface area contributed by atoms with Crippen molar-refractivity contribution >= 4 is 14.0 Å². The second-order valence-corrected chi connectivity index (χ2v) is 12.8. The molecular weight excluding hydrogens is 288 g/mol. The van der Waals surface area contributed by atoms with Gasteiger partial charge in [0.05, 0.1) is 6.07 Å². The Morgan fingerprint density at radius 3 is 2.55 bits per heavy atom. The number of anilines is 1. The number of likely N-dealkylation sites (N-methyl/N-ethyl adjacent to an activating group) is 1. The SMILES string of the molecule is CN1C[C@@](CC#N)(CO[Si](C)(C)C(C)(C)C)c2ccccc21. The minimum absolute atomic E-state index is 0.185. The molecule has 0 bridgehead atoms. The average Bonchev–Trinajstić information content (AvgIpc) is 2.70. The highest BCUT2D eigenvalue weighted by molar-refractivity contribution is 6.74. The second-order valence-electron chi connectivity index (χ2n) is 8.04. The molecule has 120 valence electrons. The zero-order valence-corrected chi connectivity index (χ0v) is 15.7. The van der Waals surface area contributed by atoms with Crippen LogP contribution >= 0.6 is 0 Å². The van der Waals surface area contributed by atoms with E-state index in [0.29, 0.717) is 13.0 Å². The molecule has 1 aliphatic rings. The van der Waals surface area contributed by atoms with Gasteiger partial charge in [-0.15, -0.1) is 0 Å². The van der Waals surface area contributed by atoms with Crippen LogP contribution in [0.5, 0.6) is 0 Å². The maximum Gasteiger partial charge on any atom is 0.192 e. The van der Waals surface area contributed by atoms with Crippen LogP contribution in [0.25, 0.3) is 0 Å². The second kappa shape index (κ2) is 5.71. The minimum Gasteiger partial charge on any atom is -0.416 e. The van der Waals surface area contributed by atoms with Gasteiger partial charge in [-0.2, -0.15) is 5.26 Å². The number of hydrogen-bond acceptors (Lipinski definition) is 3. The Balaban J connectivity index is 2.31. The molecule has 4 heteroatoms. The molecule has 1 atom stereocenters. The number of rotatable bonds is 4. The number of nitriles is 1. The molecule has 0 saturated heterocycles. The van der Waals surface area contributed by atoms with Gasteiger partial charge in [-0.05, 0) is 29.8 Å². The van der Waals surface area contributed by atoms with Crippen molar-refractivity contribution in [2.45, 2.75) is 50.7 Å². The summed E-state index contributed by atoms with van der Waals surface area (Å²) in [7, 11) is 0.282. The summed E-state index contributed by atoms with van der Waals surface area (Å²) in [5.41, 5.74) is 2.30. The van der Waals surface area contributed by atoms with Crippen molar-refractivity contribution < 1.29 is 4.43 Å². The van der Waals surface area contributed by atoms with Crippen molar-refractivity contribution in [3.8, 4) is 6.07 Å². The first-order valence-corrected chi connectivity index (χ1v) is 10.9. The molecule has 1 aliphatic heterocycles. The van der Waals surface area contributed by atoms with Crippen molar-refractivity contribution in [2.24, 2.45) is 0 Å². The van der Waals surface area contributed by atoms with Gasteiger partial charge in [-0.3, -0.25) is 0 Å². The predicted molar refractivity (Wildman–Crippen MR) is 94.8 cm³/mol. The lowest BCUT2D eigenvalue weighted by Gasteiger charge is -2.39. The first-order valence-electron chi connectivity index (χ1n) is 7.95. The van der Waals surface area contributed by atoms with Gasteiger partial charge in [0.1, 0.15) is 0 Å². The lowest BCUT2D eigenvalue weighted by Crippen LogP contribution is -2.46. The fraction of sp³-hybridized carbons (Fsp3) is 0.611. The zero-order chi connectivity index (χ0) is 16.6. The van der Waals surface area contributed by atoms with Crippen molar-refractivity contribution in [1.29, 1.82) is 5.26 Å². The largest absolute Gasteiger partial charge is 0.416 e. The van der Waals surface area contributed by atoms with E-state index in [1.165, 1.54) is 11.3 Å². The van der Waals surface area contributed by atoms with Crippen LogP contribution < -0.4 is 4.90 Å². The molecule has 1 aromatic carbocycles. The van der Waals surface area contributed by atoms with Gasteiger partial charge in [-0.25, -0.2) is 0 Å². The number of nitrogens with zero attached hydrogens (tertiary/aromatic N) is 2. The fourth-order valence-electron chi connectivity index (χ4n) is 2.89. The molecule has 0 spiro atoms. The number of hydrogen-bond donors (Lipinski definition) is 0. The van der Waals surface area contributed by atoms with E-state index in [-0.39, 0.29) is 10.5 Å². The van der Waals surface area contributed by atoms with E-state index in [9.17, 15) is 5.26 Å². The van der Waals surface area contributed by atoms with Crippen molar-refractivity contribution in [3.63, 3.8) is 0 Å². The van der Waals surface area contributed by atoms with Crippen LogP contribution in [0.4, 0.5) is 5.69 Å². The highest BCUT2D eigenvalue weighted by atomic mass is 28.4. The summed E-state index contributed by atoms with van der Waals surface area (Å²) in [6.07, 6.45) is 0.503. The van der Waals surface area contributed by atoms with Gasteiger partial charge in [0.25, 0.3) is 0 Å². The van der Waals surface area contributed by atoms with Crippen LogP contribution in [0, 0.1) is 11.3 Å². The first-order chi connectivity index (χ1) is 10.1. The Morgan fingerprint density at radius 1 is 1.32 bits per heavy atom. The van der Waals surface area contributed by atoms with E-state index in [2.05, 4.69) is 76.1 Å². The van der Waals surface area contributed by atoms with Crippen LogP contribution in [0.3, 0.4) is 0 Å². The van der Waals surface area contributed by atoms with Gasteiger partial charge in [0.15, 0.2) is 8.32 Å². The standard InChI is InChI=1S/C18H28N2OSi/c1-17(2,3)22(5,6)21-14-18(11-12-19)13-20(4)16-10-8-7-9-15(16)18/h7-10H,11,13-14H2,1-6H3/t18-/m0/s1. The van der Waals surface area contributed by atoms with Gasteiger partial charge in [-0.1, -0.05) is 39.0 Å². The summed E-state index contributed by atoms with van der Waals surface area (Å²) in [6, 6.07) is 10.8. The highest BCUT2D eigenvalue weighted by Gasteiger charge is 2.45. The minimum atomic E-state index is -1.82. The summed E-state index contributed by atoms with van der Waals surface area (Å²) in [6.45, 7) is 12.8. The summed E-state index contributed by atoms with van der Waals surface area (Å²) in [5, 5.41) is 9.57. The van der Waals surface area contributed by atoms with Gasteiger partial charge in [0, 0.05) is 37.7 Å². The van der Waals surface area contributed by atoms with Crippen LogP contribution in [-0.4, -0.2) is 28.5 Å². The third-order valence-corrected chi connectivity index (χ3v) is 9.84. The Labute approximate surface area is 136 Å². The van der Waals surface area contributed by atoms with Gasteiger partial charge in [0.2, 0.25) is 0 Å². The number of fused-ring (bicyclic) bond motifs is 1. The number of para-hydroxylation sites is 1. The summed E-state index contributed by atoms with van der Waals surface area (Å²) < 4.78 is 6.50. The first kappa shape index (κ1) is 17.0. The zero-order valence-electron chi connectivity index (χ0n) is 14.7. The third-order valence-electron chi connectivity index (χ3n) is 5.36. The van der Waals surface area contributed by atoms with Crippen LogP contribution in [0.1, 0.15) is 32.8 Å². The molecule has 0 unspecified atom stereocenters. The van der Waals surface area contributed by atoms with Gasteiger partial charge < -0.3 is 9.33 Å². The molecule has 0 aliphatic carbocycles. The van der Waals surface area contributed by atoms with E-state index in [1.54, 1.807) is 0 Å². The molecular formula is C18H28N2OSi. The lowest BCUT2D eigenvalue weighted by molar-refractivity contribution is 0.208. The third kappa shape index (κ3) is 2.93. The molecule has 0 saturated carbocycles. The quantitative estimate of drug-likeness (QED) is 0.777. The monoisotopic (exact) mass is 316 g/mol. The van der Waals surface area contributed by atoms with E-state index >= 15 is 0 Å². The van der Waals surface area contributed by atoms with E-state index in [1.807, 2.05) is 0 Å². The van der Waals surface area contributed by atoms with Crippen LogP contribution in [0.15, 0.2) is 24.3 Å². The highest BCUT2D eigenvalue weighted by Crippen LogP contribution is 2.44.